The van der Waals surface area contributed by atoms with Crippen molar-refractivity contribution in [2.75, 3.05) is 39.9 Å². The Bertz CT molecular complexity index is 403. The van der Waals surface area contributed by atoms with E-state index in [0.29, 0.717) is 12.6 Å². The van der Waals surface area contributed by atoms with E-state index < -0.39 is 0 Å². The highest BCUT2D eigenvalue weighted by Gasteiger charge is 2.19. The highest BCUT2D eigenvalue weighted by atomic mass is 16.5. The summed E-state index contributed by atoms with van der Waals surface area (Å²) in [6.45, 7) is 9.21. The number of rotatable bonds is 5. The second kappa shape index (κ2) is 6.78. The molecule has 19 heavy (non-hydrogen) atoms. The largest absolute Gasteiger partial charge is 0.493 e. The first-order valence-corrected chi connectivity index (χ1v) is 7.01. The highest BCUT2D eigenvalue weighted by Crippen LogP contribution is 2.32. The third kappa shape index (κ3) is 3.39. The Morgan fingerprint density at radius 1 is 1.26 bits per heavy atom. The molecule has 4 nitrogen and oxygen atoms in total. The maximum Gasteiger partial charge on any atom is 0.161 e. The Labute approximate surface area is 115 Å². The SMILES string of the molecule is CCOc1ccc(C(C)N2CCNCC2)cc1OC. The number of piperazine rings is 1. The van der Waals surface area contributed by atoms with Crippen molar-refractivity contribution in [2.24, 2.45) is 0 Å². The van der Waals surface area contributed by atoms with Gasteiger partial charge in [-0.05, 0) is 31.5 Å². The lowest BCUT2D eigenvalue weighted by molar-refractivity contribution is 0.185. The minimum absolute atomic E-state index is 0.409. The van der Waals surface area contributed by atoms with Crippen molar-refractivity contribution in [3.05, 3.63) is 23.8 Å². The minimum atomic E-state index is 0.409. The van der Waals surface area contributed by atoms with Gasteiger partial charge in [-0.1, -0.05) is 6.07 Å². The van der Waals surface area contributed by atoms with E-state index in [-0.39, 0.29) is 0 Å². The van der Waals surface area contributed by atoms with E-state index in [9.17, 15) is 0 Å². The molecule has 1 aromatic carbocycles. The average Bonchev–Trinajstić information content (AvgIpc) is 2.48. The zero-order valence-electron chi connectivity index (χ0n) is 12.1. The molecule has 4 heteroatoms. The van der Waals surface area contributed by atoms with Crippen molar-refractivity contribution in [1.82, 2.24) is 10.2 Å². The van der Waals surface area contributed by atoms with E-state index in [4.69, 9.17) is 9.47 Å². The molecule has 0 aliphatic carbocycles. The van der Waals surface area contributed by atoms with Crippen LogP contribution < -0.4 is 14.8 Å². The molecule has 1 aromatic rings. The number of hydrogen-bond acceptors (Lipinski definition) is 4. The van der Waals surface area contributed by atoms with Crippen molar-refractivity contribution in [3.8, 4) is 11.5 Å². The van der Waals surface area contributed by atoms with Crippen LogP contribution in [-0.4, -0.2) is 44.8 Å². The molecule has 1 fully saturated rings. The topological polar surface area (TPSA) is 33.7 Å². The van der Waals surface area contributed by atoms with Gasteiger partial charge in [0.05, 0.1) is 13.7 Å². The maximum absolute atomic E-state index is 5.56. The van der Waals surface area contributed by atoms with Gasteiger partial charge < -0.3 is 14.8 Å². The summed E-state index contributed by atoms with van der Waals surface area (Å²) in [5.74, 6) is 1.64. The van der Waals surface area contributed by atoms with Gasteiger partial charge in [-0.15, -0.1) is 0 Å². The lowest BCUT2D eigenvalue weighted by Gasteiger charge is -2.33. The predicted molar refractivity (Wildman–Crippen MR) is 77.0 cm³/mol. The average molecular weight is 264 g/mol. The summed E-state index contributed by atoms with van der Waals surface area (Å²) in [6.07, 6.45) is 0. The molecule has 1 N–H and O–H groups in total. The number of benzene rings is 1. The minimum Gasteiger partial charge on any atom is -0.493 e. The van der Waals surface area contributed by atoms with Crippen molar-refractivity contribution in [3.63, 3.8) is 0 Å². The van der Waals surface area contributed by atoms with Gasteiger partial charge in [0.25, 0.3) is 0 Å². The lowest BCUT2D eigenvalue weighted by Crippen LogP contribution is -2.44. The van der Waals surface area contributed by atoms with Crippen molar-refractivity contribution in [2.45, 2.75) is 19.9 Å². The van der Waals surface area contributed by atoms with E-state index in [1.54, 1.807) is 7.11 Å². The molecular weight excluding hydrogens is 240 g/mol. The smallest absolute Gasteiger partial charge is 0.161 e. The third-order valence-corrected chi connectivity index (χ3v) is 3.67. The molecule has 1 unspecified atom stereocenters. The van der Waals surface area contributed by atoms with E-state index in [1.807, 2.05) is 13.0 Å². The van der Waals surface area contributed by atoms with Crippen LogP contribution in [0.15, 0.2) is 18.2 Å². The fraction of sp³-hybridized carbons (Fsp3) is 0.600. The summed E-state index contributed by atoms with van der Waals surface area (Å²) >= 11 is 0. The Balaban J connectivity index is 2.14. The summed E-state index contributed by atoms with van der Waals surface area (Å²) in [5.41, 5.74) is 1.28. The Morgan fingerprint density at radius 2 is 2.00 bits per heavy atom. The first-order valence-electron chi connectivity index (χ1n) is 7.01. The molecule has 0 aromatic heterocycles. The molecule has 0 amide bonds. The second-order valence-corrected chi connectivity index (χ2v) is 4.81. The monoisotopic (exact) mass is 264 g/mol. The number of ether oxygens (including phenoxy) is 2. The Kier molecular flexibility index (Phi) is 5.05. The molecule has 2 rings (SSSR count). The highest BCUT2D eigenvalue weighted by molar-refractivity contribution is 5.43. The first kappa shape index (κ1) is 14.2. The molecule has 0 radical (unpaired) electrons. The van der Waals surface area contributed by atoms with Crippen LogP contribution in [0.5, 0.6) is 11.5 Å². The zero-order valence-corrected chi connectivity index (χ0v) is 12.1. The Morgan fingerprint density at radius 3 is 2.63 bits per heavy atom. The van der Waals surface area contributed by atoms with Crippen LogP contribution in [0.2, 0.25) is 0 Å². The summed E-state index contributed by atoms with van der Waals surface area (Å²) < 4.78 is 11.0. The molecule has 0 bridgehead atoms. The van der Waals surface area contributed by atoms with Crippen LogP contribution >= 0.6 is 0 Å². The Hall–Kier alpha value is -1.26. The van der Waals surface area contributed by atoms with Crippen LogP contribution in [-0.2, 0) is 0 Å². The molecule has 0 spiro atoms. The van der Waals surface area contributed by atoms with Crippen molar-refractivity contribution in [1.29, 1.82) is 0 Å². The molecule has 1 heterocycles. The molecule has 106 valence electrons. The van der Waals surface area contributed by atoms with Crippen LogP contribution in [0.3, 0.4) is 0 Å². The zero-order chi connectivity index (χ0) is 13.7. The van der Waals surface area contributed by atoms with Gasteiger partial charge in [0, 0.05) is 32.2 Å². The summed E-state index contributed by atoms with van der Waals surface area (Å²) in [4.78, 5) is 2.49. The summed E-state index contributed by atoms with van der Waals surface area (Å²) in [7, 11) is 1.69. The van der Waals surface area contributed by atoms with Crippen LogP contribution in [0.25, 0.3) is 0 Å². The summed E-state index contributed by atoms with van der Waals surface area (Å²) in [5, 5.41) is 3.38. The normalized spacial score (nSPS) is 18.1. The molecule has 1 aliphatic rings. The molecule has 0 saturated carbocycles. The number of methoxy groups -OCH3 is 1. The predicted octanol–water partition coefficient (Wildman–Crippen LogP) is 2.06. The number of hydrogen-bond donors (Lipinski definition) is 1. The number of nitrogens with one attached hydrogen (secondary N) is 1. The quantitative estimate of drug-likeness (QED) is 0.882. The molecule has 1 aliphatic heterocycles. The number of nitrogens with zero attached hydrogens (tertiary/aromatic N) is 1. The van der Waals surface area contributed by atoms with E-state index in [0.717, 1.165) is 37.7 Å². The molecule has 1 saturated heterocycles. The van der Waals surface area contributed by atoms with Gasteiger partial charge in [-0.2, -0.15) is 0 Å². The fourth-order valence-electron chi connectivity index (χ4n) is 2.50. The summed E-state index contributed by atoms with van der Waals surface area (Å²) in [6, 6.07) is 6.65. The van der Waals surface area contributed by atoms with Crippen molar-refractivity contribution >= 4 is 0 Å². The standard InChI is InChI=1S/C15H24N2O2/c1-4-19-14-6-5-13(11-15(14)18-3)12(2)17-9-7-16-8-10-17/h5-6,11-12,16H,4,7-10H2,1-3H3. The third-order valence-electron chi connectivity index (χ3n) is 3.67. The molecular formula is C15H24N2O2. The van der Waals surface area contributed by atoms with Crippen LogP contribution in [0.4, 0.5) is 0 Å². The van der Waals surface area contributed by atoms with E-state index >= 15 is 0 Å². The second-order valence-electron chi connectivity index (χ2n) is 4.81. The van der Waals surface area contributed by atoms with Crippen molar-refractivity contribution < 1.29 is 9.47 Å². The van der Waals surface area contributed by atoms with E-state index in [2.05, 4.69) is 29.3 Å². The lowest BCUT2D eigenvalue weighted by atomic mass is 10.1. The first-order chi connectivity index (χ1) is 9.26. The fourth-order valence-corrected chi connectivity index (χ4v) is 2.50. The van der Waals surface area contributed by atoms with Crippen LogP contribution in [0.1, 0.15) is 25.5 Å². The van der Waals surface area contributed by atoms with Gasteiger partial charge in [-0.3, -0.25) is 4.90 Å². The van der Waals surface area contributed by atoms with Gasteiger partial charge in [0.2, 0.25) is 0 Å². The maximum atomic E-state index is 5.56. The van der Waals surface area contributed by atoms with Gasteiger partial charge in [0.1, 0.15) is 0 Å². The van der Waals surface area contributed by atoms with Gasteiger partial charge in [0.15, 0.2) is 11.5 Å². The molecule has 1 atom stereocenters. The van der Waals surface area contributed by atoms with E-state index in [1.165, 1.54) is 5.56 Å². The van der Waals surface area contributed by atoms with Gasteiger partial charge >= 0.3 is 0 Å². The van der Waals surface area contributed by atoms with Crippen LogP contribution in [0, 0.1) is 0 Å². The van der Waals surface area contributed by atoms with Gasteiger partial charge in [-0.25, -0.2) is 0 Å².